The average Bonchev–Trinajstić information content (AvgIpc) is 3.45. The second kappa shape index (κ2) is 9.96. The lowest BCUT2D eigenvalue weighted by Crippen LogP contribution is -2.27. The minimum Gasteiger partial charge on any atom is -0.339 e. The molecule has 6 nitrogen and oxygen atoms in total. The Hall–Kier alpha value is -3.74. The Labute approximate surface area is 217 Å². The minimum atomic E-state index is 0.663. The molecule has 4 heterocycles. The maximum absolute atomic E-state index is 5.97. The van der Waals surface area contributed by atoms with Crippen molar-refractivity contribution in [3.8, 4) is 0 Å². The van der Waals surface area contributed by atoms with Crippen LogP contribution in [0.25, 0.3) is 43.6 Å². The van der Waals surface area contributed by atoms with Crippen LogP contribution in [-0.4, -0.2) is 37.1 Å². The van der Waals surface area contributed by atoms with Gasteiger partial charge in [0.05, 0.1) is 22.4 Å². The molecule has 37 heavy (non-hydrogen) atoms. The Kier molecular flexibility index (Phi) is 6.37. The SMILES string of the molecule is CCn1c2ccccc2c2ccnc(CN(CCCN)Cc3nccc4c5ccccc5n(CC)c34)c21. The maximum Gasteiger partial charge on any atom is 0.0786 e. The Morgan fingerprint density at radius 2 is 1.16 bits per heavy atom. The van der Waals surface area contributed by atoms with Crippen molar-refractivity contribution >= 4 is 43.6 Å². The lowest BCUT2D eigenvalue weighted by atomic mass is 10.1. The van der Waals surface area contributed by atoms with Crippen LogP contribution in [0.1, 0.15) is 31.7 Å². The molecule has 6 aromatic rings. The van der Waals surface area contributed by atoms with E-state index >= 15 is 0 Å². The van der Waals surface area contributed by atoms with Gasteiger partial charge in [-0.1, -0.05) is 36.4 Å². The molecule has 0 fully saturated rings. The molecule has 188 valence electrons. The van der Waals surface area contributed by atoms with Crippen molar-refractivity contribution in [2.24, 2.45) is 5.73 Å². The van der Waals surface area contributed by atoms with Crippen molar-refractivity contribution in [3.05, 3.63) is 84.4 Å². The molecular weight excluding hydrogens is 456 g/mol. The number of para-hydroxylation sites is 2. The Morgan fingerprint density at radius 1 is 0.676 bits per heavy atom. The standard InChI is InChI=1S/C31H34N6/c1-3-36-28-12-7-5-10-22(28)24-14-17-33-26(30(24)36)20-35(19-9-16-32)21-27-31-25(15-18-34-27)23-11-6-8-13-29(23)37(31)4-2/h5-8,10-15,17-18H,3-4,9,16,19-21,32H2,1-2H3. The fourth-order valence-corrected chi connectivity index (χ4v) is 5.99. The van der Waals surface area contributed by atoms with E-state index in [1.54, 1.807) is 0 Å². The quantitative estimate of drug-likeness (QED) is 0.267. The Morgan fingerprint density at radius 3 is 1.62 bits per heavy atom. The molecule has 0 aliphatic rings. The maximum atomic E-state index is 5.97. The van der Waals surface area contributed by atoms with Crippen molar-refractivity contribution in [1.82, 2.24) is 24.0 Å². The highest BCUT2D eigenvalue weighted by molar-refractivity contribution is 6.09. The normalized spacial score (nSPS) is 12.1. The molecule has 0 atom stereocenters. The molecule has 0 bridgehead atoms. The molecule has 0 amide bonds. The lowest BCUT2D eigenvalue weighted by molar-refractivity contribution is 0.250. The molecule has 0 saturated carbocycles. The van der Waals surface area contributed by atoms with E-state index in [1.807, 2.05) is 12.4 Å². The van der Waals surface area contributed by atoms with Crippen LogP contribution in [0.5, 0.6) is 0 Å². The van der Waals surface area contributed by atoms with Gasteiger partial charge in [-0.2, -0.15) is 0 Å². The molecular formula is C31H34N6. The molecule has 0 unspecified atom stereocenters. The number of aromatic nitrogens is 4. The summed E-state index contributed by atoms with van der Waals surface area (Å²) in [5.74, 6) is 0. The number of pyridine rings is 2. The highest BCUT2D eigenvalue weighted by atomic mass is 15.1. The van der Waals surface area contributed by atoms with E-state index in [-0.39, 0.29) is 0 Å². The van der Waals surface area contributed by atoms with E-state index in [1.165, 1.54) is 43.6 Å². The molecule has 6 rings (SSSR count). The van der Waals surface area contributed by atoms with Crippen LogP contribution in [0, 0.1) is 0 Å². The highest BCUT2D eigenvalue weighted by Crippen LogP contribution is 2.33. The zero-order valence-corrected chi connectivity index (χ0v) is 21.7. The summed E-state index contributed by atoms with van der Waals surface area (Å²) >= 11 is 0. The van der Waals surface area contributed by atoms with E-state index in [9.17, 15) is 0 Å². The highest BCUT2D eigenvalue weighted by Gasteiger charge is 2.19. The summed E-state index contributed by atoms with van der Waals surface area (Å²) in [5, 5.41) is 5.12. The van der Waals surface area contributed by atoms with E-state index in [0.717, 1.165) is 50.5 Å². The fraction of sp³-hybridized carbons (Fsp3) is 0.290. The first kappa shape index (κ1) is 23.6. The van der Waals surface area contributed by atoms with Gasteiger partial charge in [-0.05, 0) is 51.1 Å². The van der Waals surface area contributed by atoms with Crippen molar-refractivity contribution in [2.45, 2.75) is 46.4 Å². The molecule has 4 aromatic heterocycles. The first-order chi connectivity index (χ1) is 18.2. The van der Waals surface area contributed by atoms with Gasteiger partial charge in [0.15, 0.2) is 0 Å². The molecule has 2 aromatic carbocycles. The zero-order valence-electron chi connectivity index (χ0n) is 21.7. The number of nitrogens with two attached hydrogens (primary N) is 1. The van der Waals surface area contributed by atoms with Crippen LogP contribution in [0.2, 0.25) is 0 Å². The summed E-state index contributed by atoms with van der Waals surface area (Å²) in [6.07, 6.45) is 4.85. The van der Waals surface area contributed by atoms with E-state index in [4.69, 9.17) is 15.7 Å². The van der Waals surface area contributed by atoms with Crippen LogP contribution in [-0.2, 0) is 26.2 Å². The topological polar surface area (TPSA) is 64.9 Å². The molecule has 6 heteroatoms. The smallest absolute Gasteiger partial charge is 0.0786 e. The first-order valence-corrected chi connectivity index (χ1v) is 13.4. The van der Waals surface area contributed by atoms with Crippen LogP contribution in [0.4, 0.5) is 0 Å². The van der Waals surface area contributed by atoms with Crippen LogP contribution < -0.4 is 5.73 Å². The van der Waals surface area contributed by atoms with E-state index < -0.39 is 0 Å². The Bertz CT molecular complexity index is 1590. The average molecular weight is 491 g/mol. The first-order valence-electron chi connectivity index (χ1n) is 13.4. The molecule has 0 aliphatic heterocycles. The van der Waals surface area contributed by atoms with Gasteiger partial charge in [0.2, 0.25) is 0 Å². The molecule has 2 N–H and O–H groups in total. The number of rotatable bonds is 9. The summed E-state index contributed by atoms with van der Waals surface area (Å²) in [7, 11) is 0. The van der Waals surface area contributed by atoms with Crippen molar-refractivity contribution in [1.29, 1.82) is 0 Å². The number of hydrogen-bond donors (Lipinski definition) is 1. The molecule has 0 radical (unpaired) electrons. The van der Waals surface area contributed by atoms with Gasteiger partial charge in [0.1, 0.15) is 0 Å². The molecule has 0 aliphatic carbocycles. The summed E-state index contributed by atoms with van der Waals surface area (Å²) in [6, 6.07) is 21.6. The largest absolute Gasteiger partial charge is 0.339 e. The second-order valence-corrected chi connectivity index (χ2v) is 9.68. The van der Waals surface area contributed by atoms with Gasteiger partial charge < -0.3 is 14.9 Å². The number of hydrogen-bond acceptors (Lipinski definition) is 4. The number of aryl methyl sites for hydroxylation is 2. The molecule has 0 spiro atoms. The van der Waals surface area contributed by atoms with Gasteiger partial charge in [0.25, 0.3) is 0 Å². The van der Waals surface area contributed by atoms with Crippen molar-refractivity contribution < 1.29 is 0 Å². The van der Waals surface area contributed by atoms with Crippen molar-refractivity contribution in [2.75, 3.05) is 13.1 Å². The predicted octanol–water partition coefficient (Wildman–Crippen LogP) is 6.08. The van der Waals surface area contributed by atoms with Crippen molar-refractivity contribution in [3.63, 3.8) is 0 Å². The fourth-order valence-electron chi connectivity index (χ4n) is 5.99. The zero-order chi connectivity index (χ0) is 25.4. The summed E-state index contributed by atoms with van der Waals surface area (Å²) in [4.78, 5) is 12.3. The second-order valence-electron chi connectivity index (χ2n) is 9.68. The predicted molar refractivity (Wildman–Crippen MR) is 154 cm³/mol. The monoisotopic (exact) mass is 490 g/mol. The van der Waals surface area contributed by atoms with Gasteiger partial charge in [0, 0.05) is 77.7 Å². The number of fused-ring (bicyclic) bond motifs is 6. The summed E-state index contributed by atoms with van der Waals surface area (Å²) in [6.45, 7) is 9.29. The van der Waals surface area contributed by atoms with Crippen LogP contribution in [0.15, 0.2) is 73.1 Å². The third-order valence-corrected chi connectivity index (χ3v) is 7.57. The number of benzene rings is 2. The van der Waals surface area contributed by atoms with Gasteiger partial charge in [-0.15, -0.1) is 0 Å². The van der Waals surface area contributed by atoms with E-state index in [0.29, 0.717) is 6.54 Å². The van der Waals surface area contributed by atoms with Gasteiger partial charge in [-0.3, -0.25) is 14.9 Å². The van der Waals surface area contributed by atoms with Crippen LogP contribution >= 0.6 is 0 Å². The molecule has 0 saturated heterocycles. The van der Waals surface area contributed by atoms with Crippen LogP contribution in [0.3, 0.4) is 0 Å². The third kappa shape index (κ3) is 3.97. The van der Waals surface area contributed by atoms with Gasteiger partial charge >= 0.3 is 0 Å². The summed E-state index contributed by atoms with van der Waals surface area (Å²) < 4.78 is 4.81. The summed E-state index contributed by atoms with van der Waals surface area (Å²) in [5.41, 5.74) is 13.2. The van der Waals surface area contributed by atoms with E-state index in [2.05, 4.69) is 88.5 Å². The number of nitrogens with zero attached hydrogens (tertiary/aromatic N) is 5. The minimum absolute atomic E-state index is 0.663. The lowest BCUT2D eigenvalue weighted by Gasteiger charge is -2.23. The Balaban J connectivity index is 1.45. The van der Waals surface area contributed by atoms with Gasteiger partial charge in [-0.25, -0.2) is 0 Å². The third-order valence-electron chi connectivity index (χ3n) is 7.57.